The molecular weight excluding hydrogens is 262 g/mol. The van der Waals surface area contributed by atoms with Gasteiger partial charge in [-0.05, 0) is 13.0 Å². The van der Waals surface area contributed by atoms with Crippen molar-refractivity contribution in [3.63, 3.8) is 0 Å². The standard InChI is InChI=1S/C12H13N5O3/c1-8-6-11(15-16(8)2)14-12(18)13-9-4-3-5-10(7-9)17(19)20/h3-7H,1-2H3,(H2,13,14,15,18). The van der Waals surface area contributed by atoms with Crippen molar-refractivity contribution in [3.8, 4) is 0 Å². The molecule has 2 rings (SSSR count). The number of amides is 2. The molecule has 1 aromatic heterocycles. The van der Waals surface area contributed by atoms with E-state index in [4.69, 9.17) is 0 Å². The number of nitrogens with one attached hydrogen (secondary N) is 2. The number of non-ortho nitro benzene ring substituents is 1. The number of nitro groups is 1. The van der Waals surface area contributed by atoms with Gasteiger partial charge < -0.3 is 5.32 Å². The second-order valence-electron chi connectivity index (χ2n) is 4.18. The van der Waals surface area contributed by atoms with E-state index in [1.54, 1.807) is 23.9 Å². The summed E-state index contributed by atoms with van der Waals surface area (Å²) < 4.78 is 1.63. The molecule has 2 N–H and O–H groups in total. The summed E-state index contributed by atoms with van der Waals surface area (Å²) in [7, 11) is 1.76. The maximum Gasteiger partial charge on any atom is 0.324 e. The lowest BCUT2D eigenvalue weighted by Gasteiger charge is -2.05. The molecule has 8 heteroatoms. The van der Waals surface area contributed by atoms with Crippen molar-refractivity contribution in [3.05, 3.63) is 46.1 Å². The molecule has 2 aromatic rings. The molecule has 0 aliphatic heterocycles. The van der Waals surface area contributed by atoms with Gasteiger partial charge in [-0.25, -0.2) is 4.79 Å². The number of anilines is 2. The Labute approximate surface area is 114 Å². The molecule has 20 heavy (non-hydrogen) atoms. The largest absolute Gasteiger partial charge is 0.324 e. The fourth-order valence-electron chi connectivity index (χ4n) is 1.60. The van der Waals surface area contributed by atoms with Crippen molar-refractivity contribution in [1.82, 2.24) is 9.78 Å². The number of hydrogen-bond donors (Lipinski definition) is 2. The number of aryl methyl sites for hydroxylation is 2. The summed E-state index contributed by atoms with van der Waals surface area (Å²) in [6.45, 7) is 1.86. The molecule has 2 amide bonds. The van der Waals surface area contributed by atoms with Crippen LogP contribution in [0, 0.1) is 17.0 Å². The topological polar surface area (TPSA) is 102 Å². The predicted molar refractivity (Wildman–Crippen MR) is 73.7 cm³/mol. The zero-order valence-electron chi connectivity index (χ0n) is 11.0. The quantitative estimate of drug-likeness (QED) is 0.662. The number of carbonyl (C=O) groups excluding carboxylic acids is 1. The number of nitro benzene ring substituents is 1. The van der Waals surface area contributed by atoms with Gasteiger partial charge in [0.1, 0.15) is 0 Å². The molecule has 1 aromatic carbocycles. The Balaban J connectivity index is 2.04. The molecule has 0 radical (unpaired) electrons. The van der Waals surface area contributed by atoms with Crippen molar-refractivity contribution in [1.29, 1.82) is 0 Å². The molecule has 0 aliphatic rings. The Morgan fingerprint density at radius 3 is 2.70 bits per heavy atom. The van der Waals surface area contributed by atoms with E-state index < -0.39 is 11.0 Å². The minimum absolute atomic E-state index is 0.0866. The summed E-state index contributed by atoms with van der Waals surface area (Å²) in [5, 5.41) is 19.8. The van der Waals surface area contributed by atoms with Gasteiger partial charge in [0, 0.05) is 36.6 Å². The van der Waals surface area contributed by atoms with E-state index in [-0.39, 0.29) is 5.69 Å². The minimum Gasteiger partial charge on any atom is -0.307 e. The van der Waals surface area contributed by atoms with Crippen LogP contribution in [0.25, 0.3) is 0 Å². The number of nitrogens with zero attached hydrogens (tertiary/aromatic N) is 3. The van der Waals surface area contributed by atoms with Gasteiger partial charge in [0.05, 0.1) is 4.92 Å². The Morgan fingerprint density at radius 2 is 2.10 bits per heavy atom. The number of benzene rings is 1. The Bertz CT molecular complexity index is 645. The van der Waals surface area contributed by atoms with E-state index >= 15 is 0 Å². The molecule has 0 bridgehead atoms. The van der Waals surface area contributed by atoms with Gasteiger partial charge in [-0.1, -0.05) is 6.07 Å². The molecule has 0 unspecified atom stereocenters. The van der Waals surface area contributed by atoms with Gasteiger partial charge >= 0.3 is 6.03 Å². The van der Waals surface area contributed by atoms with Crippen molar-refractivity contribution in [2.45, 2.75) is 6.92 Å². The van der Waals surface area contributed by atoms with Crippen LogP contribution in [0.2, 0.25) is 0 Å². The molecule has 104 valence electrons. The summed E-state index contributed by atoms with van der Waals surface area (Å²) in [5.41, 5.74) is 1.15. The summed E-state index contributed by atoms with van der Waals surface area (Å²) >= 11 is 0. The van der Waals surface area contributed by atoms with Crippen molar-refractivity contribution >= 4 is 23.2 Å². The number of rotatable bonds is 3. The van der Waals surface area contributed by atoms with Gasteiger partial charge in [-0.2, -0.15) is 5.10 Å². The van der Waals surface area contributed by atoms with E-state index in [1.165, 1.54) is 18.2 Å². The van der Waals surface area contributed by atoms with Crippen LogP contribution in [0.4, 0.5) is 22.0 Å². The number of carbonyl (C=O) groups is 1. The highest BCUT2D eigenvalue weighted by Crippen LogP contribution is 2.17. The fraction of sp³-hybridized carbons (Fsp3) is 0.167. The second-order valence-corrected chi connectivity index (χ2v) is 4.18. The summed E-state index contributed by atoms with van der Waals surface area (Å²) in [4.78, 5) is 21.9. The van der Waals surface area contributed by atoms with E-state index in [1.807, 2.05) is 6.92 Å². The molecule has 0 atom stereocenters. The number of urea groups is 1. The smallest absolute Gasteiger partial charge is 0.307 e. The second kappa shape index (κ2) is 5.39. The average Bonchev–Trinajstić information content (AvgIpc) is 2.68. The summed E-state index contributed by atoms with van der Waals surface area (Å²) in [5.74, 6) is 0.410. The molecule has 8 nitrogen and oxygen atoms in total. The van der Waals surface area contributed by atoms with E-state index in [9.17, 15) is 14.9 Å². The molecule has 0 saturated heterocycles. The first-order chi connectivity index (χ1) is 9.45. The first-order valence-electron chi connectivity index (χ1n) is 5.79. The third-order valence-electron chi connectivity index (χ3n) is 2.67. The van der Waals surface area contributed by atoms with Crippen LogP contribution in [0.15, 0.2) is 30.3 Å². The maximum atomic E-state index is 11.7. The average molecular weight is 275 g/mol. The minimum atomic E-state index is -0.523. The number of aromatic nitrogens is 2. The van der Waals surface area contributed by atoms with Crippen LogP contribution in [-0.4, -0.2) is 20.7 Å². The Kier molecular flexibility index (Phi) is 3.65. The van der Waals surface area contributed by atoms with Gasteiger partial charge in [0.2, 0.25) is 0 Å². The molecule has 0 spiro atoms. The Morgan fingerprint density at radius 1 is 1.35 bits per heavy atom. The monoisotopic (exact) mass is 275 g/mol. The Hall–Kier alpha value is -2.90. The van der Waals surface area contributed by atoms with Crippen LogP contribution in [0.3, 0.4) is 0 Å². The first-order valence-corrected chi connectivity index (χ1v) is 5.79. The zero-order valence-corrected chi connectivity index (χ0v) is 11.0. The van der Waals surface area contributed by atoms with Gasteiger partial charge in [0.25, 0.3) is 5.69 Å². The summed E-state index contributed by atoms with van der Waals surface area (Å²) in [6, 6.07) is 6.90. The van der Waals surface area contributed by atoms with Crippen LogP contribution >= 0.6 is 0 Å². The highest BCUT2D eigenvalue weighted by atomic mass is 16.6. The fourth-order valence-corrected chi connectivity index (χ4v) is 1.60. The van der Waals surface area contributed by atoms with Crippen LogP contribution < -0.4 is 10.6 Å². The van der Waals surface area contributed by atoms with E-state index in [0.717, 1.165) is 5.69 Å². The molecule has 0 aliphatic carbocycles. The lowest BCUT2D eigenvalue weighted by atomic mass is 10.3. The molecule has 0 saturated carbocycles. The van der Waals surface area contributed by atoms with Gasteiger partial charge in [-0.3, -0.25) is 20.1 Å². The van der Waals surface area contributed by atoms with Crippen LogP contribution in [-0.2, 0) is 7.05 Å². The highest BCUT2D eigenvalue weighted by molar-refractivity contribution is 5.99. The highest BCUT2D eigenvalue weighted by Gasteiger charge is 2.09. The van der Waals surface area contributed by atoms with Gasteiger partial charge in [-0.15, -0.1) is 0 Å². The summed E-state index contributed by atoms with van der Waals surface area (Å²) in [6.07, 6.45) is 0. The zero-order chi connectivity index (χ0) is 14.7. The SMILES string of the molecule is Cc1cc(NC(=O)Nc2cccc([N+](=O)[O-])c2)nn1C. The number of hydrogen-bond acceptors (Lipinski definition) is 4. The third kappa shape index (κ3) is 3.10. The molecule has 1 heterocycles. The van der Waals surface area contributed by atoms with Gasteiger partial charge in [0.15, 0.2) is 5.82 Å². The lowest BCUT2D eigenvalue weighted by molar-refractivity contribution is -0.384. The van der Waals surface area contributed by atoms with Crippen molar-refractivity contribution in [2.24, 2.45) is 7.05 Å². The predicted octanol–water partition coefficient (Wildman–Crippen LogP) is 2.28. The van der Waals surface area contributed by atoms with Crippen LogP contribution in [0.5, 0.6) is 0 Å². The third-order valence-corrected chi connectivity index (χ3v) is 2.67. The van der Waals surface area contributed by atoms with E-state index in [0.29, 0.717) is 11.5 Å². The lowest BCUT2D eigenvalue weighted by Crippen LogP contribution is -2.19. The van der Waals surface area contributed by atoms with Crippen molar-refractivity contribution in [2.75, 3.05) is 10.6 Å². The molecule has 0 fully saturated rings. The van der Waals surface area contributed by atoms with Crippen molar-refractivity contribution < 1.29 is 9.72 Å². The van der Waals surface area contributed by atoms with E-state index in [2.05, 4.69) is 15.7 Å². The first kappa shape index (κ1) is 13.5. The normalized spacial score (nSPS) is 10.1. The molecular formula is C12H13N5O3. The van der Waals surface area contributed by atoms with Crippen LogP contribution in [0.1, 0.15) is 5.69 Å². The maximum absolute atomic E-state index is 11.7.